The lowest BCUT2D eigenvalue weighted by atomic mass is 9.66. The van der Waals surface area contributed by atoms with Gasteiger partial charge >= 0.3 is 0 Å². The molecule has 1 aliphatic carbocycles. The van der Waals surface area contributed by atoms with Gasteiger partial charge in [-0.15, -0.1) is 0 Å². The molecule has 2 nitrogen and oxygen atoms in total. The van der Waals surface area contributed by atoms with Crippen LogP contribution in [0.2, 0.25) is 0 Å². The summed E-state index contributed by atoms with van der Waals surface area (Å²) in [7, 11) is 0. The fourth-order valence-electron chi connectivity index (χ4n) is 10.7. The molecular weight excluding hydrogens is 748 g/mol. The van der Waals surface area contributed by atoms with Gasteiger partial charge in [0.1, 0.15) is 0 Å². The quantitative estimate of drug-likeness (QED) is 0.0765. The number of benzene rings is 4. The highest BCUT2D eigenvalue weighted by Crippen LogP contribution is 2.56. The van der Waals surface area contributed by atoms with Crippen molar-refractivity contribution >= 4 is 44.5 Å². The van der Waals surface area contributed by atoms with Crippen LogP contribution in [-0.4, -0.2) is 18.8 Å². The maximum absolute atomic E-state index is 7.60. The molecule has 0 N–H and O–H groups in total. The SMILES string of the molecule is CCCCC(CCCC)(C(/C=C/C1=C(Cl)C(=C/C=C2\N(CCC)c3ccc4ccccc4c3C2(CCCC)CCCC)/CCC1)=NCCC)c1c(C)ccc2ccccc12. The van der Waals surface area contributed by atoms with Crippen LogP contribution < -0.4 is 4.90 Å². The van der Waals surface area contributed by atoms with E-state index >= 15 is 0 Å². The molecule has 1 heterocycles. The molecule has 3 heteroatoms. The fraction of sp³-hybridized carbons (Fsp3) is 0.491. The summed E-state index contributed by atoms with van der Waals surface area (Å²) < 4.78 is 0. The Morgan fingerprint density at radius 3 is 2.00 bits per heavy atom. The maximum Gasteiger partial charge on any atom is 0.0470 e. The third kappa shape index (κ3) is 9.45. The van der Waals surface area contributed by atoms with Gasteiger partial charge in [0.05, 0.1) is 0 Å². The molecule has 2 aliphatic rings. The number of hydrogen-bond acceptors (Lipinski definition) is 2. The Morgan fingerprint density at radius 1 is 0.717 bits per heavy atom. The third-order valence-electron chi connectivity index (χ3n) is 13.7. The molecule has 60 heavy (non-hydrogen) atoms. The van der Waals surface area contributed by atoms with Gasteiger partial charge in [-0.3, -0.25) is 4.99 Å². The van der Waals surface area contributed by atoms with Crippen molar-refractivity contribution in [2.75, 3.05) is 18.0 Å². The number of aryl methyl sites for hydroxylation is 1. The van der Waals surface area contributed by atoms with E-state index in [1.165, 1.54) is 112 Å². The molecular formula is C57H75ClN2. The molecule has 0 atom stereocenters. The van der Waals surface area contributed by atoms with E-state index in [2.05, 4.69) is 150 Å². The van der Waals surface area contributed by atoms with Crippen LogP contribution in [0.15, 0.2) is 124 Å². The molecule has 0 fully saturated rings. The van der Waals surface area contributed by atoms with Crippen LogP contribution in [-0.2, 0) is 10.8 Å². The number of allylic oxidation sites excluding steroid dienone is 8. The fourth-order valence-corrected chi connectivity index (χ4v) is 11.0. The molecule has 0 unspecified atom stereocenters. The second kappa shape index (κ2) is 21.8. The summed E-state index contributed by atoms with van der Waals surface area (Å²) in [5.41, 5.74) is 10.9. The Hall–Kier alpha value is -3.88. The standard InChI is InChI=1S/C57H75ClN2/c1-8-14-37-56(38-15-9-2,53-43(7)29-30-44-23-18-20-27-48(44)53)51(59-41-12-5)35-32-46-25-22-26-47(55(46)58)33-36-52-57(39-16-10-3,40-17-11-4)54-49-28-21-19-24-45(49)31-34-50(54)60(52)42-13-6/h18-21,23-24,27-36H,8-17,22,25-26,37-42H2,1-7H3/b35-32+,47-33+,52-36-,59-51?. The number of hydrogen-bond donors (Lipinski definition) is 0. The molecule has 0 amide bonds. The smallest absolute Gasteiger partial charge is 0.0470 e. The first kappa shape index (κ1) is 45.6. The number of unbranched alkanes of at least 4 members (excludes halogenated alkanes) is 4. The first-order chi connectivity index (χ1) is 29.3. The summed E-state index contributed by atoms with van der Waals surface area (Å²) in [6, 6.07) is 27.6. The summed E-state index contributed by atoms with van der Waals surface area (Å²) in [5.74, 6) is 0. The second-order valence-electron chi connectivity index (χ2n) is 17.9. The molecule has 1 aliphatic heterocycles. The Bertz CT molecular complexity index is 2200. The molecule has 320 valence electrons. The number of aliphatic imine (C=N–C) groups is 1. The maximum atomic E-state index is 7.60. The van der Waals surface area contributed by atoms with E-state index in [0.29, 0.717) is 0 Å². The first-order valence-corrected chi connectivity index (χ1v) is 24.5. The van der Waals surface area contributed by atoms with Crippen molar-refractivity contribution in [3.8, 4) is 0 Å². The van der Waals surface area contributed by atoms with E-state index in [4.69, 9.17) is 16.6 Å². The van der Waals surface area contributed by atoms with E-state index in [0.717, 1.165) is 75.9 Å². The average Bonchev–Trinajstić information content (AvgIpc) is 3.53. The van der Waals surface area contributed by atoms with E-state index in [1.807, 2.05) is 0 Å². The van der Waals surface area contributed by atoms with E-state index in [1.54, 1.807) is 5.56 Å². The first-order valence-electron chi connectivity index (χ1n) is 24.2. The van der Waals surface area contributed by atoms with Crippen LogP contribution in [0.3, 0.4) is 0 Å². The van der Waals surface area contributed by atoms with Crippen LogP contribution in [0.5, 0.6) is 0 Å². The predicted molar refractivity (Wildman–Crippen MR) is 266 cm³/mol. The number of rotatable bonds is 21. The molecule has 0 radical (unpaired) electrons. The molecule has 4 aromatic carbocycles. The van der Waals surface area contributed by atoms with Crippen LogP contribution in [0.1, 0.15) is 167 Å². The van der Waals surface area contributed by atoms with Gasteiger partial charge in [-0.1, -0.05) is 183 Å². The van der Waals surface area contributed by atoms with Crippen molar-refractivity contribution < 1.29 is 0 Å². The van der Waals surface area contributed by atoms with E-state index in [-0.39, 0.29) is 10.8 Å². The number of nitrogens with zero attached hydrogens (tertiary/aromatic N) is 2. The highest BCUT2D eigenvalue weighted by atomic mass is 35.5. The molecule has 0 saturated carbocycles. The van der Waals surface area contributed by atoms with Gasteiger partial charge in [0.15, 0.2) is 0 Å². The molecule has 6 rings (SSSR count). The summed E-state index contributed by atoms with van der Waals surface area (Å²) >= 11 is 7.60. The third-order valence-corrected chi connectivity index (χ3v) is 14.2. The minimum atomic E-state index is -0.169. The van der Waals surface area contributed by atoms with Crippen LogP contribution in [0, 0.1) is 6.92 Å². The molecule has 0 aromatic heterocycles. The van der Waals surface area contributed by atoms with Crippen molar-refractivity contribution in [1.82, 2.24) is 0 Å². The lowest BCUT2D eigenvalue weighted by molar-refractivity contribution is 0.407. The summed E-state index contributed by atoms with van der Waals surface area (Å²) in [4.78, 5) is 8.21. The molecule has 0 saturated heterocycles. The number of fused-ring (bicyclic) bond motifs is 4. The molecule has 4 aromatic rings. The van der Waals surface area contributed by atoms with Gasteiger partial charge in [-0.25, -0.2) is 0 Å². The summed E-state index contributed by atoms with van der Waals surface area (Å²) in [5, 5.41) is 6.42. The van der Waals surface area contributed by atoms with Crippen molar-refractivity contribution in [3.05, 3.63) is 136 Å². The second-order valence-corrected chi connectivity index (χ2v) is 18.3. The summed E-state index contributed by atoms with van der Waals surface area (Å²) in [6.07, 6.45) is 29.0. The summed E-state index contributed by atoms with van der Waals surface area (Å²) in [6.45, 7) is 18.1. The average molecular weight is 824 g/mol. The largest absolute Gasteiger partial charge is 0.344 e. The normalized spacial score (nSPS) is 17.3. The Kier molecular flexibility index (Phi) is 16.6. The molecule has 0 spiro atoms. The lowest BCUT2D eigenvalue weighted by Gasteiger charge is -2.38. The monoisotopic (exact) mass is 823 g/mol. The van der Waals surface area contributed by atoms with Gasteiger partial charge < -0.3 is 4.90 Å². The molecule has 0 bridgehead atoms. The number of halogens is 1. The topological polar surface area (TPSA) is 15.6 Å². The minimum Gasteiger partial charge on any atom is -0.344 e. The van der Waals surface area contributed by atoms with Gasteiger partial charge in [0.2, 0.25) is 0 Å². The Balaban J connectivity index is 1.48. The van der Waals surface area contributed by atoms with Crippen LogP contribution >= 0.6 is 11.6 Å². The predicted octanol–water partition coefficient (Wildman–Crippen LogP) is 17.4. The Morgan fingerprint density at radius 2 is 1.35 bits per heavy atom. The van der Waals surface area contributed by atoms with E-state index < -0.39 is 0 Å². The van der Waals surface area contributed by atoms with Crippen molar-refractivity contribution in [2.24, 2.45) is 4.99 Å². The van der Waals surface area contributed by atoms with Gasteiger partial charge in [0.25, 0.3) is 0 Å². The zero-order valence-corrected chi connectivity index (χ0v) is 39.2. The van der Waals surface area contributed by atoms with Crippen LogP contribution in [0.25, 0.3) is 21.5 Å². The van der Waals surface area contributed by atoms with Crippen molar-refractivity contribution in [1.29, 1.82) is 0 Å². The van der Waals surface area contributed by atoms with Crippen molar-refractivity contribution in [2.45, 2.75) is 168 Å². The Labute approximate surface area is 370 Å². The van der Waals surface area contributed by atoms with Gasteiger partial charge in [0, 0.05) is 46.0 Å². The zero-order valence-electron chi connectivity index (χ0n) is 38.4. The number of anilines is 1. The minimum absolute atomic E-state index is 0.0211. The van der Waals surface area contributed by atoms with Crippen molar-refractivity contribution in [3.63, 3.8) is 0 Å². The van der Waals surface area contributed by atoms with Gasteiger partial charge in [-0.05, 0) is 132 Å². The van der Waals surface area contributed by atoms with Crippen LogP contribution in [0.4, 0.5) is 5.69 Å². The lowest BCUT2D eigenvalue weighted by Crippen LogP contribution is -2.36. The van der Waals surface area contributed by atoms with Gasteiger partial charge in [-0.2, -0.15) is 0 Å². The zero-order chi connectivity index (χ0) is 42.5. The highest BCUT2D eigenvalue weighted by Gasteiger charge is 2.47. The van der Waals surface area contributed by atoms with E-state index in [9.17, 15) is 0 Å². The highest BCUT2D eigenvalue weighted by molar-refractivity contribution is 6.32.